The van der Waals surface area contributed by atoms with Gasteiger partial charge in [0.15, 0.2) is 0 Å². The molecule has 0 aliphatic heterocycles. The van der Waals surface area contributed by atoms with Gasteiger partial charge >= 0.3 is 0 Å². The summed E-state index contributed by atoms with van der Waals surface area (Å²) in [7, 11) is 0. The maximum Gasteiger partial charge on any atom is 0.247 e. The maximum absolute atomic E-state index is 12.6. The highest BCUT2D eigenvalue weighted by Crippen LogP contribution is 2.30. The van der Waals surface area contributed by atoms with Crippen molar-refractivity contribution in [1.29, 1.82) is 0 Å². The van der Waals surface area contributed by atoms with E-state index in [1.807, 2.05) is 35.2 Å². The molecule has 0 atom stereocenters. The Balaban J connectivity index is 1.50. The lowest BCUT2D eigenvalue weighted by Gasteiger charge is -2.19. The molecule has 0 unspecified atom stereocenters. The van der Waals surface area contributed by atoms with Crippen LogP contribution in [0.15, 0.2) is 47.9 Å². The van der Waals surface area contributed by atoms with Gasteiger partial charge in [-0.1, -0.05) is 18.2 Å². The van der Waals surface area contributed by atoms with Gasteiger partial charge in [0.2, 0.25) is 5.91 Å². The molecule has 0 saturated heterocycles. The molecule has 23 heavy (non-hydrogen) atoms. The molecule has 116 valence electrons. The Labute approximate surface area is 142 Å². The number of hydrogen-bond acceptors (Lipinski definition) is 4. The van der Waals surface area contributed by atoms with Crippen LogP contribution in [0.25, 0.3) is 16.3 Å². The monoisotopic (exact) mass is 340 g/mol. The van der Waals surface area contributed by atoms with Crippen LogP contribution in [0, 0.1) is 0 Å². The second kappa shape index (κ2) is 6.26. The van der Waals surface area contributed by atoms with Crippen molar-refractivity contribution in [3.63, 3.8) is 0 Å². The highest BCUT2D eigenvalue weighted by Gasteiger charge is 2.31. The zero-order valence-corrected chi connectivity index (χ0v) is 14.1. The number of rotatable bonds is 5. The average Bonchev–Trinajstić information content (AvgIpc) is 3.11. The molecule has 1 aliphatic carbocycles. The lowest BCUT2D eigenvalue weighted by molar-refractivity contribution is -0.127. The first kappa shape index (κ1) is 14.6. The Morgan fingerprint density at radius 2 is 2.13 bits per heavy atom. The Morgan fingerprint density at radius 3 is 2.87 bits per heavy atom. The third kappa shape index (κ3) is 3.35. The van der Waals surface area contributed by atoms with Gasteiger partial charge in [-0.05, 0) is 42.5 Å². The number of nitrogens with zero attached hydrogens (tertiary/aromatic N) is 2. The lowest BCUT2D eigenvalue weighted by atomic mass is 10.3. The van der Waals surface area contributed by atoms with Crippen LogP contribution in [0.4, 0.5) is 0 Å². The number of fused-ring (bicyclic) bond motifs is 1. The Hall–Kier alpha value is -1.98. The fourth-order valence-electron chi connectivity index (χ4n) is 2.54. The molecule has 1 fully saturated rings. The second-order valence-corrected chi connectivity index (χ2v) is 7.72. The molecule has 0 bridgehead atoms. The molecule has 1 saturated carbocycles. The SMILES string of the molecule is O=C(/C=C/c1nc2ccccc2s1)N(Cc1cccs1)C1CC1. The van der Waals surface area contributed by atoms with E-state index >= 15 is 0 Å². The molecule has 1 aromatic carbocycles. The molecule has 0 N–H and O–H groups in total. The van der Waals surface area contributed by atoms with Crippen molar-refractivity contribution in [1.82, 2.24) is 9.88 Å². The average molecular weight is 340 g/mol. The van der Waals surface area contributed by atoms with Crippen LogP contribution < -0.4 is 0 Å². The highest BCUT2D eigenvalue weighted by molar-refractivity contribution is 7.19. The number of aromatic nitrogens is 1. The van der Waals surface area contributed by atoms with E-state index < -0.39 is 0 Å². The summed E-state index contributed by atoms with van der Waals surface area (Å²) >= 11 is 3.32. The van der Waals surface area contributed by atoms with Gasteiger partial charge in [0.05, 0.1) is 16.8 Å². The molecule has 1 amide bonds. The summed E-state index contributed by atoms with van der Waals surface area (Å²) in [6.45, 7) is 0.714. The summed E-state index contributed by atoms with van der Waals surface area (Å²) in [5, 5.41) is 2.94. The minimum Gasteiger partial charge on any atom is -0.331 e. The Kier molecular flexibility index (Phi) is 3.97. The van der Waals surface area contributed by atoms with Gasteiger partial charge in [0.1, 0.15) is 5.01 Å². The van der Waals surface area contributed by atoms with Crippen LogP contribution in [0.3, 0.4) is 0 Å². The van der Waals surface area contributed by atoms with E-state index in [1.165, 1.54) is 4.88 Å². The van der Waals surface area contributed by atoms with E-state index in [4.69, 9.17) is 0 Å². The summed E-state index contributed by atoms with van der Waals surface area (Å²) in [5.41, 5.74) is 0.988. The number of hydrogen-bond donors (Lipinski definition) is 0. The zero-order valence-electron chi connectivity index (χ0n) is 12.5. The molecule has 5 heteroatoms. The van der Waals surface area contributed by atoms with Gasteiger partial charge in [0, 0.05) is 17.0 Å². The van der Waals surface area contributed by atoms with Crippen molar-refractivity contribution in [2.75, 3.05) is 0 Å². The number of carbonyl (C=O) groups excluding carboxylic acids is 1. The van der Waals surface area contributed by atoms with Gasteiger partial charge in [-0.25, -0.2) is 4.98 Å². The van der Waals surface area contributed by atoms with E-state index in [1.54, 1.807) is 28.7 Å². The molecular formula is C18H16N2OS2. The quantitative estimate of drug-likeness (QED) is 0.638. The van der Waals surface area contributed by atoms with Crippen LogP contribution >= 0.6 is 22.7 Å². The number of benzene rings is 1. The van der Waals surface area contributed by atoms with Crippen LogP contribution in [-0.4, -0.2) is 21.8 Å². The van der Waals surface area contributed by atoms with Gasteiger partial charge in [-0.2, -0.15) is 0 Å². The topological polar surface area (TPSA) is 33.2 Å². The summed E-state index contributed by atoms with van der Waals surface area (Å²) in [5.74, 6) is 0.0835. The predicted molar refractivity (Wildman–Crippen MR) is 96.5 cm³/mol. The smallest absolute Gasteiger partial charge is 0.247 e. The van der Waals surface area contributed by atoms with Crippen molar-refractivity contribution >= 4 is 44.9 Å². The van der Waals surface area contributed by atoms with Crippen LogP contribution in [0.1, 0.15) is 22.7 Å². The minimum atomic E-state index is 0.0835. The first-order valence-corrected chi connectivity index (χ1v) is 9.36. The fraction of sp³-hybridized carbons (Fsp3) is 0.222. The van der Waals surface area contributed by atoms with E-state index in [2.05, 4.69) is 22.5 Å². The van der Waals surface area contributed by atoms with Gasteiger partial charge in [-0.15, -0.1) is 22.7 Å². The molecule has 2 aromatic heterocycles. The van der Waals surface area contributed by atoms with Crippen LogP contribution in [0.5, 0.6) is 0 Å². The first-order valence-electron chi connectivity index (χ1n) is 7.66. The van der Waals surface area contributed by atoms with Crippen molar-refractivity contribution in [3.05, 3.63) is 57.7 Å². The van der Waals surface area contributed by atoms with Crippen LogP contribution in [-0.2, 0) is 11.3 Å². The third-order valence-corrected chi connectivity index (χ3v) is 5.72. The molecule has 0 spiro atoms. The van der Waals surface area contributed by atoms with Gasteiger partial charge in [0.25, 0.3) is 0 Å². The lowest BCUT2D eigenvalue weighted by Crippen LogP contribution is -2.30. The van der Waals surface area contributed by atoms with Crippen molar-refractivity contribution in [2.24, 2.45) is 0 Å². The summed E-state index contributed by atoms with van der Waals surface area (Å²) in [6.07, 6.45) is 5.75. The molecule has 3 nitrogen and oxygen atoms in total. The largest absolute Gasteiger partial charge is 0.331 e. The summed E-state index contributed by atoms with van der Waals surface area (Å²) < 4.78 is 1.15. The van der Waals surface area contributed by atoms with E-state index in [0.29, 0.717) is 12.6 Å². The fourth-order valence-corrected chi connectivity index (χ4v) is 4.12. The number of carbonyl (C=O) groups is 1. The molecular weight excluding hydrogens is 324 g/mol. The first-order chi connectivity index (χ1) is 11.3. The highest BCUT2D eigenvalue weighted by atomic mass is 32.1. The molecule has 4 rings (SSSR count). The van der Waals surface area contributed by atoms with E-state index in [9.17, 15) is 4.79 Å². The summed E-state index contributed by atoms with van der Waals surface area (Å²) in [4.78, 5) is 20.3. The van der Waals surface area contributed by atoms with Gasteiger partial charge < -0.3 is 4.90 Å². The number of thiazole rings is 1. The maximum atomic E-state index is 12.6. The molecule has 1 aliphatic rings. The molecule has 0 radical (unpaired) electrons. The van der Waals surface area contributed by atoms with Crippen molar-refractivity contribution in [3.8, 4) is 0 Å². The number of para-hydroxylation sites is 1. The molecule has 2 heterocycles. The number of thiophene rings is 1. The van der Waals surface area contributed by atoms with E-state index in [-0.39, 0.29) is 5.91 Å². The van der Waals surface area contributed by atoms with Gasteiger partial charge in [-0.3, -0.25) is 4.79 Å². The predicted octanol–water partition coefficient (Wildman–Crippen LogP) is 4.56. The van der Waals surface area contributed by atoms with Crippen molar-refractivity contribution in [2.45, 2.75) is 25.4 Å². The summed E-state index contributed by atoms with van der Waals surface area (Å²) in [6, 6.07) is 12.6. The third-order valence-electron chi connectivity index (χ3n) is 3.86. The molecule has 3 aromatic rings. The second-order valence-electron chi connectivity index (χ2n) is 5.63. The Bertz CT molecular complexity index is 814. The normalized spacial score (nSPS) is 14.6. The van der Waals surface area contributed by atoms with E-state index in [0.717, 1.165) is 28.1 Å². The van der Waals surface area contributed by atoms with Crippen LogP contribution in [0.2, 0.25) is 0 Å². The zero-order chi connectivity index (χ0) is 15.6. The number of amides is 1. The Morgan fingerprint density at radius 1 is 1.26 bits per heavy atom. The standard InChI is InChI=1S/C18H16N2OS2/c21-18(20(13-7-8-13)12-14-4-3-11-22-14)10-9-17-19-15-5-1-2-6-16(15)23-17/h1-6,9-11,13H,7-8,12H2/b10-9+. The van der Waals surface area contributed by atoms with Crippen molar-refractivity contribution < 1.29 is 4.79 Å². The minimum absolute atomic E-state index is 0.0835.